The number of allylic oxidation sites excluding steroid dienone is 2. The molecule has 0 bridgehead atoms. The SMILES string of the molecule is CCCCC/C=C\[C@@H]1C[C@@H]1C(=O)NS(=O)(=O)C1(C)CC1. The van der Waals surface area contributed by atoms with Crippen molar-refractivity contribution < 1.29 is 13.2 Å². The standard InChI is InChI=1S/C15H25NO3S/c1-3-4-5-6-7-8-12-11-13(12)14(17)16-20(18,19)15(2)9-10-15/h7-8,12-13H,3-6,9-11H2,1-2H3,(H,16,17)/b8-7-/t12-,13+/m1/s1. The van der Waals surface area contributed by atoms with E-state index in [2.05, 4.69) is 23.8 Å². The van der Waals surface area contributed by atoms with Crippen LogP contribution in [0.5, 0.6) is 0 Å². The van der Waals surface area contributed by atoms with Crippen LogP contribution in [-0.4, -0.2) is 19.1 Å². The highest BCUT2D eigenvalue weighted by Crippen LogP contribution is 2.44. The fourth-order valence-corrected chi connectivity index (χ4v) is 3.59. The molecule has 5 heteroatoms. The van der Waals surface area contributed by atoms with Crippen molar-refractivity contribution in [2.45, 2.75) is 63.5 Å². The minimum Gasteiger partial charge on any atom is -0.274 e. The lowest BCUT2D eigenvalue weighted by Gasteiger charge is -2.11. The number of unbranched alkanes of at least 4 members (excludes halogenated alkanes) is 3. The first-order valence-corrected chi connectivity index (χ1v) is 9.11. The molecule has 0 spiro atoms. The lowest BCUT2D eigenvalue weighted by Crippen LogP contribution is -2.39. The first kappa shape index (κ1) is 15.5. The molecule has 0 heterocycles. The molecular weight excluding hydrogens is 274 g/mol. The first-order chi connectivity index (χ1) is 9.39. The van der Waals surface area contributed by atoms with Crippen molar-refractivity contribution in [2.75, 3.05) is 0 Å². The highest BCUT2D eigenvalue weighted by atomic mass is 32.2. The Morgan fingerprint density at radius 2 is 2.05 bits per heavy atom. The van der Waals surface area contributed by atoms with Crippen LogP contribution in [0.3, 0.4) is 0 Å². The Hall–Kier alpha value is -0.840. The van der Waals surface area contributed by atoms with Crippen molar-refractivity contribution in [1.29, 1.82) is 0 Å². The third-order valence-electron chi connectivity index (χ3n) is 4.37. The van der Waals surface area contributed by atoms with Crippen molar-refractivity contribution in [3.8, 4) is 0 Å². The van der Waals surface area contributed by atoms with E-state index in [1.54, 1.807) is 6.92 Å². The number of rotatable bonds is 8. The van der Waals surface area contributed by atoms with Crippen LogP contribution in [0.25, 0.3) is 0 Å². The summed E-state index contributed by atoms with van der Waals surface area (Å²) in [7, 11) is -3.47. The third kappa shape index (κ3) is 3.62. The Balaban J connectivity index is 1.73. The van der Waals surface area contributed by atoms with Gasteiger partial charge in [-0.2, -0.15) is 0 Å². The fraction of sp³-hybridized carbons (Fsp3) is 0.800. The first-order valence-electron chi connectivity index (χ1n) is 7.62. The molecule has 2 aliphatic rings. The molecule has 0 aliphatic heterocycles. The Labute approximate surface area is 122 Å². The summed E-state index contributed by atoms with van der Waals surface area (Å²) in [4.78, 5) is 11.9. The average molecular weight is 299 g/mol. The Kier molecular flexibility index (Phi) is 4.57. The predicted octanol–water partition coefficient (Wildman–Crippen LogP) is 2.76. The van der Waals surface area contributed by atoms with Crippen molar-refractivity contribution in [3.05, 3.63) is 12.2 Å². The summed E-state index contributed by atoms with van der Waals surface area (Å²) in [5.41, 5.74) is 0. The molecule has 2 atom stereocenters. The van der Waals surface area contributed by atoms with Crippen LogP contribution in [0.4, 0.5) is 0 Å². The van der Waals surface area contributed by atoms with E-state index in [0.717, 1.165) is 12.8 Å². The largest absolute Gasteiger partial charge is 0.274 e. The zero-order valence-corrected chi connectivity index (χ0v) is 13.2. The van der Waals surface area contributed by atoms with Gasteiger partial charge in [0.15, 0.2) is 0 Å². The molecule has 2 saturated carbocycles. The highest BCUT2D eigenvalue weighted by molar-refractivity contribution is 7.91. The number of hydrogen-bond acceptors (Lipinski definition) is 3. The summed E-state index contributed by atoms with van der Waals surface area (Å²) in [6.07, 6.45) is 11.0. The molecule has 20 heavy (non-hydrogen) atoms. The van der Waals surface area contributed by atoms with Gasteiger partial charge in [0.2, 0.25) is 15.9 Å². The van der Waals surface area contributed by atoms with E-state index in [1.807, 2.05) is 0 Å². The lowest BCUT2D eigenvalue weighted by molar-refractivity contribution is -0.120. The van der Waals surface area contributed by atoms with Crippen LogP contribution in [0, 0.1) is 11.8 Å². The molecule has 0 radical (unpaired) electrons. The van der Waals surface area contributed by atoms with Gasteiger partial charge in [-0.1, -0.05) is 31.9 Å². The van der Waals surface area contributed by atoms with E-state index in [4.69, 9.17) is 0 Å². The summed E-state index contributed by atoms with van der Waals surface area (Å²) in [6.45, 7) is 3.87. The van der Waals surface area contributed by atoms with E-state index in [9.17, 15) is 13.2 Å². The molecule has 1 amide bonds. The number of carbonyl (C=O) groups is 1. The molecule has 2 rings (SSSR count). The van der Waals surface area contributed by atoms with Crippen LogP contribution < -0.4 is 4.72 Å². The van der Waals surface area contributed by atoms with Crippen molar-refractivity contribution in [2.24, 2.45) is 11.8 Å². The summed E-state index contributed by atoms with van der Waals surface area (Å²) < 4.78 is 25.4. The number of sulfonamides is 1. The van der Waals surface area contributed by atoms with Gasteiger partial charge in [0.25, 0.3) is 0 Å². The third-order valence-corrected chi connectivity index (χ3v) is 6.55. The van der Waals surface area contributed by atoms with Gasteiger partial charge in [-0.05, 0) is 44.9 Å². The molecule has 2 aliphatic carbocycles. The smallest absolute Gasteiger partial charge is 0.240 e. The summed E-state index contributed by atoms with van der Waals surface area (Å²) in [5, 5.41) is 0. The van der Waals surface area contributed by atoms with Crippen molar-refractivity contribution in [1.82, 2.24) is 4.72 Å². The predicted molar refractivity (Wildman–Crippen MR) is 79.6 cm³/mol. The minimum absolute atomic E-state index is 0.144. The highest BCUT2D eigenvalue weighted by Gasteiger charge is 2.52. The summed E-state index contributed by atoms with van der Waals surface area (Å²) in [6, 6.07) is 0. The van der Waals surface area contributed by atoms with Gasteiger partial charge in [0.1, 0.15) is 0 Å². The number of hydrogen-bond donors (Lipinski definition) is 1. The monoisotopic (exact) mass is 299 g/mol. The molecule has 0 aromatic carbocycles. The second kappa shape index (κ2) is 5.88. The molecule has 0 saturated heterocycles. The van der Waals surface area contributed by atoms with Gasteiger partial charge in [0.05, 0.1) is 4.75 Å². The summed E-state index contributed by atoms with van der Waals surface area (Å²) in [5.74, 6) is -0.227. The molecule has 114 valence electrons. The van der Waals surface area contributed by atoms with Gasteiger partial charge in [-0.15, -0.1) is 0 Å². The van der Waals surface area contributed by atoms with E-state index in [0.29, 0.717) is 12.8 Å². The zero-order valence-electron chi connectivity index (χ0n) is 12.4. The van der Waals surface area contributed by atoms with Gasteiger partial charge in [-0.25, -0.2) is 8.42 Å². The van der Waals surface area contributed by atoms with Crippen LogP contribution >= 0.6 is 0 Å². The molecule has 4 nitrogen and oxygen atoms in total. The lowest BCUT2D eigenvalue weighted by atomic mass is 10.2. The van der Waals surface area contributed by atoms with Gasteiger partial charge < -0.3 is 0 Å². The van der Waals surface area contributed by atoms with Crippen molar-refractivity contribution in [3.63, 3.8) is 0 Å². The zero-order chi connectivity index (χ0) is 14.8. The van der Waals surface area contributed by atoms with Crippen LogP contribution in [-0.2, 0) is 14.8 Å². The topological polar surface area (TPSA) is 63.2 Å². The second-order valence-corrected chi connectivity index (χ2v) is 8.55. The van der Waals surface area contributed by atoms with E-state index in [1.165, 1.54) is 19.3 Å². The van der Waals surface area contributed by atoms with Gasteiger partial charge in [0, 0.05) is 5.92 Å². The molecule has 0 aromatic heterocycles. The van der Waals surface area contributed by atoms with Crippen LogP contribution in [0.2, 0.25) is 0 Å². The number of nitrogens with one attached hydrogen (secondary N) is 1. The van der Waals surface area contributed by atoms with E-state index < -0.39 is 14.8 Å². The quantitative estimate of drug-likeness (QED) is 0.553. The van der Waals surface area contributed by atoms with Gasteiger partial charge >= 0.3 is 0 Å². The number of carbonyl (C=O) groups excluding carboxylic acids is 1. The normalized spacial score (nSPS) is 27.5. The molecule has 0 unspecified atom stereocenters. The summed E-state index contributed by atoms with van der Waals surface area (Å²) >= 11 is 0. The Morgan fingerprint density at radius 3 is 2.65 bits per heavy atom. The Bertz CT molecular complexity index is 491. The van der Waals surface area contributed by atoms with Crippen molar-refractivity contribution >= 4 is 15.9 Å². The minimum atomic E-state index is -3.47. The maximum atomic E-state index is 11.9. The van der Waals surface area contributed by atoms with Gasteiger partial charge in [-0.3, -0.25) is 9.52 Å². The molecular formula is C15H25NO3S. The van der Waals surface area contributed by atoms with E-state index >= 15 is 0 Å². The average Bonchev–Trinajstić information content (AvgIpc) is 3.25. The Morgan fingerprint density at radius 1 is 1.35 bits per heavy atom. The second-order valence-electron chi connectivity index (χ2n) is 6.35. The molecule has 2 fully saturated rings. The fourth-order valence-electron chi connectivity index (χ4n) is 2.29. The van der Waals surface area contributed by atoms with Crippen LogP contribution in [0.15, 0.2) is 12.2 Å². The van der Waals surface area contributed by atoms with E-state index in [-0.39, 0.29) is 17.7 Å². The molecule has 0 aromatic rings. The maximum Gasteiger partial charge on any atom is 0.240 e. The molecule has 1 N–H and O–H groups in total. The maximum absolute atomic E-state index is 11.9. The van der Waals surface area contributed by atoms with Crippen LogP contribution in [0.1, 0.15) is 58.8 Å². The number of amides is 1.